The van der Waals surface area contributed by atoms with Crippen LogP contribution in [-0.4, -0.2) is 121 Å². The summed E-state index contributed by atoms with van der Waals surface area (Å²) in [6.07, 6.45) is -5.38. The van der Waals surface area contributed by atoms with E-state index in [2.05, 4.69) is 13.8 Å². The maximum atomic E-state index is 10.5. The molecular weight excluding hydrogens is 463 g/mol. The van der Waals surface area contributed by atoms with Gasteiger partial charge in [-0.25, -0.2) is 9.13 Å². The monoisotopic (exact) mass is 478 g/mol. The summed E-state index contributed by atoms with van der Waals surface area (Å²) in [5, 5.41) is 28.8. The number of phosphoric ester groups is 2. The zero-order valence-corrected chi connectivity index (χ0v) is 16.6. The molecule has 0 aromatic heterocycles. The third-order valence-corrected chi connectivity index (χ3v) is 3.32. The molecule has 12 nitrogen and oxygen atoms in total. The topological polar surface area (TPSA) is 203 Å². The first kappa shape index (κ1) is 22.6. The smallest absolute Gasteiger partial charge is 0.387 e. The van der Waals surface area contributed by atoms with Gasteiger partial charge in [-0.15, -0.1) is 0 Å². The van der Waals surface area contributed by atoms with Crippen LogP contribution < -0.4 is 0 Å². The Morgan fingerprint density at radius 1 is 1.05 bits per heavy atom. The van der Waals surface area contributed by atoms with Crippen molar-refractivity contribution in [1.29, 1.82) is 0 Å². The van der Waals surface area contributed by atoms with Crippen LogP contribution in [0.1, 0.15) is 0 Å². The number of aliphatic hydroxyl groups excluding tert-OH is 2. The number of phosphoric acid groups is 2. The molecule has 1 fully saturated rings. The Labute approximate surface area is 158 Å². The van der Waals surface area contributed by atoms with Gasteiger partial charge in [0.2, 0.25) is 5.79 Å². The molecule has 0 amide bonds. The summed E-state index contributed by atoms with van der Waals surface area (Å²) in [4.78, 5) is 33.9. The molecule has 1 rings (SSSR count). The zero-order valence-electron chi connectivity index (χ0n) is 10.4. The van der Waals surface area contributed by atoms with Gasteiger partial charge in [0.15, 0.2) is 0 Å². The van der Waals surface area contributed by atoms with Crippen LogP contribution in [0.4, 0.5) is 0 Å². The van der Waals surface area contributed by atoms with Gasteiger partial charge in [0.05, 0.1) is 6.61 Å². The van der Waals surface area contributed by atoms with Gasteiger partial charge in [0.25, 0.3) is 0 Å². The summed E-state index contributed by atoms with van der Waals surface area (Å²) >= 11 is 0. The van der Waals surface area contributed by atoms with Gasteiger partial charge < -0.3 is 39.6 Å². The van der Waals surface area contributed by atoms with Crippen molar-refractivity contribution in [1.82, 2.24) is 0 Å². The first-order chi connectivity index (χ1) is 8.84. The molecule has 0 saturated carbocycles. The predicted octanol–water partition coefficient (Wildman–Crippen LogP) is -3.37. The standard InChI is InChI=1S/C6H14O12P2.Ba/c7-4-3(1-16-19(10,11)12)18-6(9,5(4)8)2-17-20(13,14)15;/h3-5,7-9H,1-2H2,(H2,10,11,12)(H2,13,14,15);. The molecule has 2 radical (unpaired) electrons. The van der Waals surface area contributed by atoms with Crippen molar-refractivity contribution in [3.8, 4) is 0 Å². The molecule has 0 spiro atoms. The van der Waals surface area contributed by atoms with Gasteiger partial charge in [-0.1, -0.05) is 0 Å². The fraction of sp³-hybridized carbons (Fsp3) is 1.00. The maximum absolute atomic E-state index is 10.5. The summed E-state index contributed by atoms with van der Waals surface area (Å²) in [5.41, 5.74) is 0. The van der Waals surface area contributed by atoms with E-state index in [4.69, 9.17) is 19.6 Å². The van der Waals surface area contributed by atoms with Crippen molar-refractivity contribution in [2.75, 3.05) is 13.2 Å². The molecule has 122 valence electrons. The van der Waals surface area contributed by atoms with Crippen molar-refractivity contribution < 1.29 is 57.8 Å². The van der Waals surface area contributed by atoms with Crippen LogP contribution in [0, 0.1) is 0 Å². The second kappa shape index (κ2) is 8.14. The molecule has 0 aromatic carbocycles. The number of ether oxygens (including phenoxy) is 1. The van der Waals surface area contributed by atoms with E-state index in [0.717, 1.165) is 0 Å². The number of hydrogen-bond donors (Lipinski definition) is 7. The summed E-state index contributed by atoms with van der Waals surface area (Å²) < 4.78 is 33.6. The molecule has 21 heavy (non-hydrogen) atoms. The molecule has 15 heteroatoms. The first-order valence-corrected chi connectivity index (χ1v) is 8.07. The normalized spacial score (nSPS) is 33.8. The number of hydrogen-bond acceptors (Lipinski definition) is 8. The van der Waals surface area contributed by atoms with Crippen LogP contribution in [-0.2, 0) is 22.9 Å². The average Bonchev–Trinajstić information content (AvgIpc) is 2.48. The largest absolute Gasteiger partial charge is 0.469 e. The van der Waals surface area contributed by atoms with E-state index in [1.165, 1.54) is 0 Å². The zero-order chi connectivity index (χ0) is 15.8. The van der Waals surface area contributed by atoms with Gasteiger partial charge in [-0.05, 0) is 0 Å². The molecule has 1 aliphatic heterocycles. The third-order valence-electron chi connectivity index (χ3n) is 2.37. The molecule has 7 N–H and O–H groups in total. The molecule has 1 heterocycles. The van der Waals surface area contributed by atoms with Crippen LogP contribution in [0.25, 0.3) is 0 Å². The predicted molar refractivity (Wildman–Crippen MR) is 63.6 cm³/mol. The Bertz CT molecular complexity index is 433. The van der Waals surface area contributed by atoms with E-state index in [9.17, 15) is 24.4 Å². The summed E-state index contributed by atoms with van der Waals surface area (Å²) in [6.45, 7) is -2.05. The van der Waals surface area contributed by atoms with Crippen LogP contribution in [0.15, 0.2) is 0 Å². The molecule has 0 bridgehead atoms. The van der Waals surface area contributed by atoms with Gasteiger partial charge in [0.1, 0.15) is 24.9 Å². The second-order valence-electron chi connectivity index (χ2n) is 3.99. The van der Waals surface area contributed by atoms with E-state index in [0.29, 0.717) is 0 Å². The third kappa shape index (κ3) is 7.37. The molecule has 1 aliphatic rings. The Morgan fingerprint density at radius 2 is 1.52 bits per heavy atom. The van der Waals surface area contributed by atoms with E-state index in [1.54, 1.807) is 0 Å². The summed E-state index contributed by atoms with van der Waals surface area (Å²) in [5.74, 6) is -2.66. The second-order valence-corrected chi connectivity index (χ2v) is 6.47. The molecule has 4 unspecified atom stereocenters. The fourth-order valence-electron chi connectivity index (χ4n) is 1.47. The summed E-state index contributed by atoms with van der Waals surface area (Å²) in [6, 6.07) is 0. The molecule has 4 atom stereocenters. The van der Waals surface area contributed by atoms with E-state index >= 15 is 0 Å². The minimum Gasteiger partial charge on any atom is -0.387 e. The van der Waals surface area contributed by atoms with Gasteiger partial charge in [-0.3, -0.25) is 9.05 Å². The van der Waals surface area contributed by atoms with Crippen molar-refractivity contribution in [2.45, 2.75) is 24.1 Å². The minimum absolute atomic E-state index is 0. The van der Waals surface area contributed by atoms with Crippen molar-refractivity contribution in [3.05, 3.63) is 0 Å². The van der Waals surface area contributed by atoms with E-state index in [1.807, 2.05) is 0 Å². The van der Waals surface area contributed by atoms with E-state index in [-0.39, 0.29) is 48.9 Å². The first-order valence-electron chi connectivity index (χ1n) is 5.00. The van der Waals surface area contributed by atoms with Crippen LogP contribution in [0.2, 0.25) is 0 Å². The quantitative estimate of drug-likeness (QED) is 0.148. The van der Waals surface area contributed by atoms with Gasteiger partial charge >= 0.3 is 15.6 Å². The van der Waals surface area contributed by atoms with Crippen LogP contribution in [0.3, 0.4) is 0 Å². The van der Waals surface area contributed by atoms with E-state index < -0.39 is 53.0 Å². The number of rotatable bonds is 6. The Morgan fingerprint density at radius 3 is 1.95 bits per heavy atom. The van der Waals surface area contributed by atoms with Crippen molar-refractivity contribution >= 4 is 64.5 Å². The summed E-state index contributed by atoms with van der Waals surface area (Å²) in [7, 11) is -9.82. The maximum Gasteiger partial charge on any atom is 0.469 e. The fourth-order valence-corrected chi connectivity index (χ4v) is 2.17. The Hall–Kier alpha value is 1.63. The van der Waals surface area contributed by atoms with Crippen LogP contribution in [0.5, 0.6) is 0 Å². The SMILES string of the molecule is O=P(O)(O)OCC1OC(O)(COP(=O)(O)O)C(O)C1O.[Ba]. The minimum atomic E-state index is -4.96. The molecule has 0 aliphatic carbocycles. The Kier molecular flexibility index (Phi) is 8.77. The molecule has 1 saturated heterocycles. The Balaban J connectivity index is 0.00000400. The van der Waals surface area contributed by atoms with Crippen molar-refractivity contribution in [2.24, 2.45) is 0 Å². The average molecular weight is 477 g/mol. The number of aliphatic hydroxyl groups is 3. The molecule has 0 aromatic rings. The molecular formula is C6H14BaO12P2. The van der Waals surface area contributed by atoms with Gasteiger partial charge in [-0.2, -0.15) is 0 Å². The van der Waals surface area contributed by atoms with Crippen molar-refractivity contribution in [3.63, 3.8) is 0 Å². The van der Waals surface area contributed by atoms with Gasteiger partial charge in [0, 0.05) is 48.9 Å². The van der Waals surface area contributed by atoms with Crippen LogP contribution >= 0.6 is 15.6 Å².